The van der Waals surface area contributed by atoms with Gasteiger partial charge in [-0.3, -0.25) is 9.69 Å². The van der Waals surface area contributed by atoms with Crippen molar-refractivity contribution >= 4 is 23.4 Å². The maximum absolute atomic E-state index is 12.0. The van der Waals surface area contributed by atoms with Gasteiger partial charge in [0.25, 0.3) is 0 Å². The zero-order chi connectivity index (χ0) is 14.1. The molecule has 3 rings (SSSR count). The lowest BCUT2D eigenvalue weighted by Gasteiger charge is -2.26. The molecule has 0 aliphatic carbocycles. The Morgan fingerprint density at radius 1 is 1.24 bits per heavy atom. The molecule has 1 N–H and O–H groups in total. The van der Waals surface area contributed by atoms with Gasteiger partial charge in [-0.2, -0.15) is 0 Å². The predicted molar refractivity (Wildman–Crippen MR) is 85.3 cm³/mol. The first-order valence-corrected chi connectivity index (χ1v) is 7.13. The summed E-state index contributed by atoms with van der Waals surface area (Å²) in [5.74, 6) is 0.782. The van der Waals surface area contributed by atoms with Crippen molar-refractivity contribution in [3.05, 3.63) is 39.7 Å². The van der Waals surface area contributed by atoms with E-state index in [9.17, 15) is 9.90 Å². The molecular formula is C16H20ClNO3. The fraction of sp³-hybridized carbons (Fsp3) is 0.438. The Balaban J connectivity index is 0.00000161. The lowest BCUT2D eigenvalue weighted by Crippen LogP contribution is -2.29. The molecule has 1 aromatic carbocycles. The average Bonchev–Trinajstić information content (AvgIpc) is 2.43. The molecule has 0 saturated carbocycles. The summed E-state index contributed by atoms with van der Waals surface area (Å²) in [4.78, 5) is 14.3. The predicted octanol–water partition coefficient (Wildman–Crippen LogP) is 3.21. The first-order chi connectivity index (χ1) is 9.65. The number of halogens is 1. The van der Waals surface area contributed by atoms with Crippen molar-refractivity contribution in [3.8, 4) is 5.75 Å². The van der Waals surface area contributed by atoms with E-state index in [4.69, 9.17) is 4.42 Å². The second-order valence-corrected chi connectivity index (χ2v) is 5.50. The van der Waals surface area contributed by atoms with Crippen molar-refractivity contribution in [3.63, 3.8) is 0 Å². The van der Waals surface area contributed by atoms with Gasteiger partial charge in [-0.1, -0.05) is 6.42 Å². The van der Waals surface area contributed by atoms with Crippen LogP contribution in [0.5, 0.6) is 5.75 Å². The maximum Gasteiger partial charge on any atom is 0.192 e. The van der Waals surface area contributed by atoms with Crippen molar-refractivity contribution in [2.45, 2.75) is 32.7 Å². The van der Waals surface area contributed by atoms with Gasteiger partial charge in [0.2, 0.25) is 0 Å². The van der Waals surface area contributed by atoms with Crippen LogP contribution >= 0.6 is 12.4 Å². The topological polar surface area (TPSA) is 53.7 Å². The zero-order valence-electron chi connectivity index (χ0n) is 12.1. The Morgan fingerprint density at radius 3 is 2.67 bits per heavy atom. The summed E-state index contributed by atoms with van der Waals surface area (Å²) in [7, 11) is 0. The molecule has 0 unspecified atom stereocenters. The molecule has 1 aromatic heterocycles. The van der Waals surface area contributed by atoms with Crippen LogP contribution in [0.4, 0.5) is 0 Å². The first-order valence-electron chi connectivity index (χ1n) is 7.13. The number of piperidine rings is 1. The van der Waals surface area contributed by atoms with Crippen molar-refractivity contribution in [1.82, 2.24) is 4.90 Å². The third kappa shape index (κ3) is 3.22. The van der Waals surface area contributed by atoms with Gasteiger partial charge in [0.1, 0.15) is 17.1 Å². The number of rotatable bonds is 2. The van der Waals surface area contributed by atoms with Gasteiger partial charge >= 0.3 is 0 Å². The molecule has 5 heteroatoms. The monoisotopic (exact) mass is 309 g/mol. The van der Waals surface area contributed by atoms with Crippen LogP contribution in [0, 0.1) is 6.92 Å². The van der Waals surface area contributed by atoms with Gasteiger partial charge in [0.15, 0.2) is 5.43 Å². The molecule has 1 saturated heterocycles. The summed E-state index contributed by atoms with van der Waals surface area (Å²) in [6.45, 7) is 4.46. The normalized spacial score (nSPS) is 15.9. The molecule has 4 nitrogen and oxygen atoms in total. The van der Waals surface area contributed by atoms with E-state index in [0.29, 0.717) is 23.3 Å². The minimum absolute atomic E-state index is 0. The van der Waals surface area contributed by atoms with Crippen LogP contribution in [0.2, 0.25) is 0 Å². The standard InChI is InChI=1S/C16H19NO3.ClH/c1-11-9-15(19)12-5-6-14(18)13(16(12)20-11)10-17-7-3-2-4-8-17;/h5-6,9,18H,2-4,7-8,10H2,1H3;1H. The van der Waals surface area contributed by atoms with Gasteiger partial charge in [0, 0.05) is 12.6 Å². The third-order valence-corrected chi connectivity index (χ3v) is 3.93. The van der Waals surface area contributed by atoms with Crippen LogP contribution in [-0.2, 0) is 6.54 Å². The van der Waals surface area contributed by atoms with E-state index in [1.165, 1.54) is 25.3 Å². The first kappa shape index (κ1) is 15.9. The van der Waals surface area contributed by atoms with Gasteiger partial charge in [0.05, 0.1) is 10.9 Å². The highest BCUT2D eigenvalue weighted by atomic mass is 35.5. The summed E-state index contributed by atoms with van der Waals surface area (Å²) in [5.41, 5.74) is 1.20. The molecule has 0 radical (unpaired) electrons. The smallest absolute Gasteiger partial charge is 0.192 e. The van der Waals surface area contributed by atoms with Crippen LogP contribution in [-0.4, -0.2) is 23.1 Å². The van der Waals surface area contributed by atoms with E-state index in [1.54, 1.807) is 19.1 Å². The highest BCUT2D eigenvalue weighted by Gasteiger charge is 2.17. The molecule has 0 amide bonds. The summed E-state index contributed by atoms with van der Waals surface area (Å²) in [6.07, 6.45) is 3.65. The van der Waals surface area contributed by atoms with Crippen molar-refractivity contribution in [1.29, 1.82) is 0 Å². The van der Waals surface area contributed by atoms with Crippen molar-refractivity contribution < 1.29 is 9.52 Å². The van der Waals surface area contributed by atoms with Crippen LogP contribution in [0.15, 0.2) is 27.4 Å². The van der Waals surface area contributed by atoms with Gasteiger partial charge < -0.3 is 9.52 Å². The van der Waals surface area contributed by atoms with Gasteiger partial charge in [-0.25, -0.2) is 0 Å². The number of aryl methyl sites for hydroxylation is 1. The highest BCUT2D eigenvalue weighted by Crippen LogP contribution is 2.28. The lowest BCUT2D eigenvalue weighted by atomic mass is 10.1. The molecule has 2 aromatic rings. The second kappa shape index (κ2) is 6.50. The van der Waals surface area contributed by atoms with E-state index in [0.717, 1.165) is 18.7 Å². The van der Waals surface area contributed by atoms with Crippen LogP contribution in [0.25, 0.3) is 11.0 Å². The van der Waals surface area contributed by atoms with Crippen LogP contribution < -0.4 is 5.43 Å². The van der Waals surface area contributed by atoms with Crippen molar-refractivity contribution in [2.24, 2.45) is 0 Å². The minimum Gasteiger partial charge on any atom is -0.507 e. The molecule has 21 heavy (non-hydrogen) atoms. The van der Waals surface area contributed by atoms with Crippen molar-refractivity contribution in [2.75, 3.05) is 13.1 Å². The number of aromatic hydroxyl groups is 1. The Bertz CT molecular complexity index is 690. The second-order valence-electron chi connectivity index (χ2n) is 5.50. The number of hydrogen-bond donors (Lipinski definition) is 1. The maximum atomic E-state index is 12.0. The van der Waals surface area contributed by atoms with E-state index in [-0.39, 0.29) is 23.6 Å². The molecule has 114 valence electrons. The molecule has 1 aliphatic rings. The van der Waals surface area contributed by atoms with E-state index < -0.39 is 0 Å². The van der Waals surface area contributed by atoms with Crippen LogP contribution in [0.3, 0.4) is 0 Å². The SMILES string of the molecule is Cc1cc(=O)c2ccc(O)c(CN3CCCCC3)c2o1.Cl. The van der Waals surface area contributed by atoms with Crippen LogP contribution in [0.1, 0.15) is 30.6 Å². The Kier molecular flexibility index (Phi) is 4.91. The molecule has 0 bridgehead atoms. The summed E-state index contributed by atoms with van der Waals surface area (Å²) < 4.78 is 5.71. The summed E-state index contributed by atoms with van der Waals surface area (Å²) >= 11 is 0. The number of likely N-dealkylation sites (tertiary alicyclic amines) is 1. The molecular weight excluding hydrogens is 290 g/mol. The largest absolute Gasteiger partial charge is 0.507 e. The molecule has 1 fully saturated rings. The molecule has 0 spiro atoms. The quantitative estimate of drug-likeness (QED) is 0.925. The number of benzene rings is 1. The molecule has 1 aliphatic heterocycles. The lowest BCUT2D eigenvalue weighted by molar-refractivity contribution is 0.218. The van der Waals surface area contributed by atoms with E-state index in [2.05, 4.69) is 4.90 Å². The van der Waals surface area contributed by atoms with E-state index in [1.807, 2.05) is 0 Å². The molecule has 2 heterocycles. The fourth-order valence-corrected chi connectivity index (χ4v) is 2.87. The van der Waals surface area contributed by atoms with E-state index >= 15 is 0 Å². The van der Waals surface area contributed by atoms with Gasteiger partial charge in [-0.15, -0.1) is 12.4 Å². The number of phenols is 1. The highest BCUT2D eigenvalue weighted by molar-refractivity contribution is 5.85. The zero-order valence-corrected chi connectivity index (χ0v) is 12.9. The number of hydrogen-bond acceptors (Lipinski definition) is 4. The average molecular weight is 310 g/mol. The fourth-order valence-electron chi connectivity index (χ4n) is 2.87. The number of phenolic OH excluding ortho intramolecular Hbond substituents is 1. The third-order valence-electron chi connectivity index (χ3n) is 3.93. The minimum atomic E-state index is -0.0522. The summed E-state index contributed by atoms with van der Waals surface area (Å²) in [6, 6.07) is 4.72. The number of nitrogens with zero attached hydrogens (tertiary/aromatic N) is 1. The number of fused-ring (bicyclic) bond motifs is 1. The Hall–Kier alpha value is -1.52. The molecule has 0 atom stereocenters. The Labute approximate surface area is 129 Å². The summed E-state index contributed by atoms with van der Waals surface area (Å²) in [5, 5.41) is 10.7. The van der Waals surface area contributed by atoms with Gasteiger partial charge in [-0.05, 0) is 45.0 Å². The Morgan fingerprint density at radius 2 is 1.95 bits per heavy atom.